The average Bonchev–Trinajstić information content (AvgIpc) is 3.42. The normalized spacial score (nSPS) is 16.0. The molecule has 0 radical (unpaired) electrons. The highest BCUT2D eigenvalue weighted by Crippen LogP contribution is 2.04. The molecule has 1 rings (SSSR count). The standard InChI is InChI=1S/C23H40N10O9/c1-10(35)16(20(39)30-14(22(41)42)6-12-7-27-9-29-12)33-21(40)17(11(2)36)32-19(38)15(8-34)31-18(37)13(24)4-3-5-28-23(25)26/h7,9-11,13-17,34-36H,3-6,8,24H2,1-2H3,(H,27,29)(H,30,39)(H,31,37)(H,32,38)(H,33,40)(H,41,42)(H4,25,26,28)/t10-,11-,13+,14+,15+,16+,17+/m1/s1. The summed E-state index contributed by atoms with van der Waals surface area (Å²) in [5, 5.41) is 57.8. The van der Waals surface area contributed by atoms with Gasteiger partial charge in [0, 0.05) is 19.2 Å². The monoisotopic (exact) mass is 600 g/mol. The van der Waals surface area contributed by atoms with Gasteiger partial charge >= 0.3 is 5.97 Å². The van der Waals surface area contributed by atoms with Crippen LogP contribution in [0.15, 0.2) is 12.5 Å². The zero-order valence-electron chi connectivity index (χ0n) is 23.2. The van der Waals surface area contributed by atoms with Gasteiger partial charge in [-0.05, 0) is 26.7 Å². The topological polar surface area (TPSA) is 331 Å². The minimum atomic E-state index is -1.72. The van der Waals surface area contributed by atoms with Crippen molar-refractivity contribution in [3.05, 3.63) is 18.2 Å². The molecule has 0 bridgehead atoms. The van der Waals surface area contributed by atoms with E-state index in [0.29, 0.717) is 12.1 Å². The number of aromatic amines is 1. The van der Waals surface area contributed by atoms with Gasteiger partial charge in [-0.15, -0.1) is 0 Å². The van der Waals surface area contributed by atoms with E-state index in [1.54, 1.807) is 0 Å². The van der Waals surface area contributed by atoms with Crippen LogP contribution in [0.1, 0.15) is 32.4 Å². The number of aliphatic hydroxyl groups excluding tert-OH is 3. The summed E-state index contributed by atoms with van der Waals surface area (Å²) in [6.45, 7) is 1.68. The molecule has 0 fully saturated rings. The Morgan fingerprint density at radius 1 is 0.952 bits per heavy atom. The molecule has 0 unspecified atom stereocenters. The molecule has 19 nitrogen and oxygen atoms in total. The number of guanidine groups is 1. The van der Waals surface area contributed by atoms with Crippen LogP contribution in [0.4, 0.5) is 0 Å². The van der Waals surface area contributed by atoms with E-state index < -0.39 is 78.6 Å². The maximum atomic E-state index is 12.9. The second-order valence-electron chi connectivity index (χ2n) is 9.45. The van der Waals surface area contributed by atoms with Crippen LogP contribution in [0.25, 0.3) is 0 Å². The lowest BCUT2D eigenvalue weighted by Crippen LogP contribution is -2.63. The van der Waals surface area contributed by atoms with Gasteiger partial charge in [0.25, 0.3) is 0 Å². The van der Waals surface area contributed by atoms with Crippen LogP contribution in [0.3, 0.4) is 0 Å². The van der Waals surface area contributed by atoms with E-state index in [1.807, 2.05) is 0 Å². The van der Waals surface area contributed by atoms with E-state index in [1.165, 1.54) is 12.5 Å². The first-order valence-corrected chi connectivity index (χ1v) is 12.9. The molecule has 0 aliphatic heterocycles. The second kappa shape index (κ2) is 17.5. The molecule has 42 heavy (non-hydrogen) atoms. The van der Waals surface area contributed by atoms with E-state index in [-0.39, 0.29) is 25.3 Å². The van der Waals surface area contributed by atoms with E-state index in [4.69, 9.17) is 16.9 Å². The number of carboxylic acid groups (broad SMARTS) is 1. The van der Waals surface area contributed by atoms with Crippen molar-refractivity contribution in [2.45, 2.75) is 75.5 Å². The number of carbonyl (C=O) groups is 5. The Morgan fingerprint density at radius 3 is 1.98 bits per heavy atom. The van der Waals surface area contributed by atoms with Gasteiger partial charge in [-0.25, -0.2) is 9.78 Å². The lowest BCUT2D eigenvalue weighted by atomic mass is 10.1. The number of hydrogen-bond donors (Lipinski definition) is 13. The summed E-state index contributed by atoms with van der Waals surface area (Å²) in [4.78, 5) is 69.0. The molecule has 1 aromatic heterocycles. The molecule has 0 saturated heterocycles. The minimum absolute atomic E-state index is 0.151. The molecule has 1 aromatic rings. The van der Waals surface area contributed by atoms with Crippen LogP contribution < -0.4 is 38.1 Å². The first-order chi connectivity index (χ1) is 19.7. The molecule has 1 heterocycles. The Bertz CT molecular complexity index is 1070. The zero-order valence-corrected chi connectivity index (χ0v) is 23.2. The molecule has 19 heteroatoms. The van der Waals surface area contributed by atoms with E-state index in [2.05, 4.69) is 36.6 Å². The lowest BCUT2D eigenvalue weighted by Gasteiger charge is -2.28. The smallest absolute Gasteiger partial charge is 0.326 e. The number of aliphatic hydroxyl groups is 3. The third-order valence-corrected chi connectivity index (χ3v) is 5.87. The van der Waals surface area contributed by atoms with Gasteiger partial charge in [0.1, 0.15) is 24.2 Å². The number of imidazole rings is 1. The number of nitrogens with zero attached hydrogens (tertiary/aromatic N) is 1. The Hall–Kier alpha value is -4.33. The fraction of sp³-hybridized carbons (Fsp3) is 0.609. The van der Waals surface area contributed by atoms with Crippen molar-refractivity contribution in [3.8, 4) is 0 Å². The number of aromatic nitrogens is 2. The Kier molecular flexibility index (Phi) is 14.9. The number of rotatable bonds is 18. The van der Waals surface area contributed by atoms with Crippen LogP contribution in [-0.4, -0.2) is 122 Å². The van der Waals surface area contributed by atoms with Crippen LogP contribution in [0.5, 0.6) is 0 Å². The molecule has 0 aliphatic rings. The molecule has 0 aliphatic carbocycles. The first kappa shape index (κ1) is 35.7. The van der Waals surface area contributed by atoms with Gasteiger partial charge in [0.15, 0.2) is 5.96 Å². The summed E-state index contributed by atoms with van der Waals surface area (Å²) < 4.78 is 0. The highest BCUT2D eigenvalue weighted by molar-refractivity contribution is 5.96. The summed E-state index contributed by atoms with van der Waals surface area (Å²) in [7, 11) is 0. The van der Waals surface area contributed by atoms with Gasteiger partial charge < -0.3 is 63.5 Å². The van der Waals surface area contributed by atoms with Gasteiger partial charge in [0.2, 0.25) is 23.6 Å². The Labute approximate surface area is 240 Å². The summed E-state index contributed by atoms with van der Waals surface area (Å²) >= 11 is 0. The van der Waals surface area contributed by atoms with Crippen LogP contribution in [0, 0.1) is 5.41 Å². The van der Waals surface area contributed by atoms with Crippen molar-refractivity contribution in [1.29, 1.82) is 5.41 Å². The van der Waals surface area contributed by atoms with Gasteiger partial charge in [-0.1, -0.05) is 0 Å². The van der Waals surface area contributed by atoms with E-state index in [0.717, 1.165) is 13.8 Å². The van der Waals surface area contributed by atoms with Gasteiger partial charge in [0.05, 0.1) is 36.9 Å². The fourth-order valence-electron chi connectivity index (χ4n) is 3.53. The molecule has 4 amide bonds. The summed E-state index contributed by atoms with van der Waals surface area (Å²) in [5.41, 5.74) is 11.3. The number of hydrogen-bond acceptors (Lipinski definition) is 11. The van der Waals surface area contributed by atoms with Crippen LogP contribution >= 0.6 is 0 Å². The molecule has 0 saturated carbocycles. The molecule has 15 N–H and O–H groups in total. The average molecular weight is 601 g/mol. The third-order valence-electron chi connectivity index (χ3n) is 5.87. The largest absolute Gasteiger partial charge is 0.480 e. The molecular weight excluding hydrogens is 560 g/mol. The summed E-state index contributed by atoms with van der Waals surface area (Å²) in [6.07, 6.45) is -0.0297. The highest BCUT2D eigenvalue weighted by atomic mass is 16.4. The van der Waals surface area contributed by atoms with E-state index in [9.17, 15) is 44.4 Å². The van der Waals surface area contributed by atoms with Gasteiger partial charge in [-0.2, -0.15) is 0 Å². The number of carboxylic acids is 1. The first-order valence-electron chi connectivity index (χ1n) is 12.9. The van der Waals surface area contributed by atoms with Gasteiger partial charge in [-0.3, -0.25) is 24.6 Å². The minimum Gasteiger partial charge on any atom is -0.480 e. The van der Waals surface area contributed by atoms with Crippen molar-refractivity contribution in [1.82, 2.24) is 36.6 Å². The zero-order chi connectivity index (χ0) is 32.0. The van der Waals surface area contributed by atoms with Crippen molar-refractivity contribution in [2.75, 3.05) is 13.2 Å². The lowest BCUT2D eigenvalue weighted by molar-refractivity contribution is -0.143. The maximum absolute atomic E-state index is 12.9. The number of nitrogens with two attached hydrogens (primary N) is 2. The number of carbonyl (C=O) groups excluding carboxylic acids is 4. The van der Waals surface area contributed by atoms with Crippen LogP contribution in [-0.2, 0) is 30.4 Å². The molecule has 236 valence electrons. The fourth-order valence-corrected chi connectivity index (χ4v) is 3.53. The number of amides is 4. The van der Waals surface area contributed by atoms with E-state index >= 15 is 0 Å². The second-order valence-corrected chi connectivity index (χ2v) is 9.45. The van der Waals surface area contributed by atoms with Crippen molar-refractivity contribution in [2.24, 2.45) is 11.5 Å². The van der Waals surface area contributed by atoms with Crippen LogP contribution in [0.2, 0.25) is 0 Å². The molecule has 7 atom stereocenters. The number of H-pyrrole nitrogens is 1. The highest BCUT2D eigenvalue weighted by Gasteiger charge is 2.35. The Balaban J connectivity index is 2.86. The predicted molar refractivity (Wildman–Crippen MR) is 145 cm³/mol. The maximum Gasteiger partial charge on any atom is 0.326 e. The molecule has 0 spiro atoms. The van der Waals surface area contributed by atoms with Crippen molar-refractivity contribution in [3.63, 3.8) is 0 Å². The molecular formula is C23H40N10O9. The molecule has 0 aromatic carbocycles. The van der Waals surface area contributed by atoms with Crippen molar-refractivity contribution >= 4 is 35.6 Å². The number of aliphatic carboxylic acids is 1. The number of nitrogens with one attached hydrogen (secondary N) is 7. The van der Waals surface area contributed by atoms with Crippen molar-refractivity contribution < 1.29 is 44.4 Å². The summed E-state index contributed by atoms with van der Waals surface area (Å²) in [6, 6.07) is -7.52. The third kappa shape index (κ3) is 12.0. The quantitative estimate of drug-likeness (QED) is 0.0425. The predicted octanol–water partition coefficient (Wildman–Crippen LogP) is -5.68. The SMILES string of the molecule is C[C@@H](O)[C@H](NC(=O)[C@H](CO)NC(=O)[C@@H](N)CCCNC(=N)N)C(=O)N[C@H](C(=O)N[C@@H](Cc1c[nH]cn1)C(=O)O)[C@@H](C)O. The Morgan fingerprint density at radius 2 is 1.50 bits per heavy atom. The summed E-state index contributed by atoms with van der Waals surface area (Å²) in [5.74, 6) is -5.71.